The van der Waals surface area contributed by atoms with Crippen molar-refractivity contribution < 1.29 is 19.4 Å². The molecule has 0 aromatic heterocycles. The number of hydrogen-bond acceptors (Lipinski definition) is 4. The molecule has 1 aliphatic carbocycles. The van der Waals surface area contributed by atoms with E-state index in [1.807, 2.05) is 6.26 Å². The summed E-state index contributed by atoms with van der Waals surface area (Å²) in [5.74, 6) is -0.307. The van der Waals surface area contributed by atoms with Crippen LogP contribution in [0.25, 0.3) is 0 Å². The fourth-order valence-electron chi connectivity index (χ4n) is 2.15. The van der Waals surface area contributed by atoms with Crippen molar-refractivity contribution in [3.8, 4) is 0 Å². The second kappa shape index (κ2) is 9.88. The van der Waals surface area contributed by atoms with Crippen molar-refractivity contribution in [3.05, 3.63) is 0 Å². The van der Waals surface area contributed by atoms with Crippen LogP contribution in [0.5, 0.6) is 0 Å². The lowest BCUT2D eigenvalue weighted by molar-refractivity contribution is -0.139. The van der Waals surface area contributed by atoms with E-state index in [0.29, 0.717) is 31.4 Å². The van der Waals surface area contributed by atoms with Crippen LogP contribution in [0, 0.1) is 0 Å². The Kier molecular flexibility index (Phi) is 8.45. The van der Waals surface area contributed by atoms with Crippen molar-refractivity contribution in [1.82, 2.24) is 10.6 Å². The van der Waals surface area contributed by atoms with Gasteiger partial charge in [0, 0.05) is 6.54 Å². The summed E-state index contributed by atoms with van der Waals surface area (Å²) in [6.45, 7) is 0.873. The molecule has 0 bridgehead atoms. The Bertz CT molecular complexity index is 309. The van der Waals surface area contributed by atoms with Crippen molar-refractivity contribution in [1.29, 1.82) is 0 Å². The summed E-state index contributed by atoms with van der Waals surface area (Å²) in [7, 11) is 0. The predicted molar refractivity (Wildman–Crippen MR) is 79.2 cm³/mol. The largest absolute Gasteiger partial charge is 0.480 e. The van der Waals surface area contributed by atoms with E-state index < -0.39 is 18.0 Å². The van der Waals surface area contributed by atoms with Crippen molar-refractivity contribution in [2.24, 2.45) is 0 Å². The summed E-state index contributed by atoms with van der Waals surface area (Å²) in [4.78, 5) is 22.5. The molecule has 2 amide bonds. The first-order valence-electron chi connectivity index (χ1n) is 7.01. The molecule has 0 heterocycles. The number of rotatable bonds is 9. The third-order valence-electron chi connectivity index (χ3n) is 3.26. The van der Waals surface area contributed by atoms with Gasteiger partial charge >= 0.3 is 12.0 Å². The van der Waals surface area contributed by atoms with Gasteiger partial charge in [0.15, 0.2) is 0 Å². The normalized spacial score (nSPS) is 16.9. The summed E-state index contributed by atoms with van der Waals surface area (Å²) >= 11 is 1.55. The number of thioether (sulfide) groups is 1. The number of ether oxygens (including phenoxy) is 1. The minimum absolute atomic E-state index is 0.327. The second-order valence-corrected chi connectivity index (χ2v) is 5.84. The van der Waals surface area contributed by atoms with Crippen LogP contribution in [0.3, 0.4) is 0 Å². The first-order valence-corrected chi connectivity index (χ1v) is 8.40. The van der Waals surface area contributed by atoms with Crippen LogP contribution >= 0.6 is 11.8 Å². The maximum absolute atomic E-state index is 11.6. The third kappa shape index (κ3) is 7.00. The molecule has 0 aromatic rings. The van der Waals surface area contributed by atoms with E-state index in [0.717, 1.165) is 12.8 Å². The highest BCUT2D eigenvalue weighted by Crippen LogP contribution is 2.20. The lowest BCUT2D eigenvalue weighted by Gasteiger charge is -2.15. The Hall–Kier alpha value is -0.950. The molecule has 1 fully saturated rings. The van der Waals surface area contributed by atoms with Gasteiger partial charge in [-0.15, -0.1) is 0 Å². The molecule has 0 aromatic carbocycles. The topological polar surface area (TPSA) is 87.7 Å². The third-order valence-corrected chi connectivity index (χ3v) is 3.90. The maximum Gasteiger partial charge on any atom is 0.326 e. The molecule has 6 nitrogen and oxygen atoms in total. The summed E-state index contributed by atoms with van der Waals surface area (Å²) in [6, 6.07) is -1.29. The van der Waals surface area contributed by atoms with Gasteiger partial charge in [-0.1, -0.05) is 12.8 Å². The van der Waals surface area contributed by atoms with Gasteiger partial charge < -0.3 is 20.5 Å². The first-order chi connectivity index (χ1) is 9.63. The summed E-state index contributed by atoms with van der Waals surface area (Å²) in [5, 5.41) is 14.1. The average Bonchev–Trinajstić information content (AvgIpc) is 2.92. The first kappa shape index (κ1) is 17.1. The monoisotopic (exact) mass is 304 g/mol. The minimum atomic E-state index is -1.00. The lowest BCUT2D eigenvalue weighted by atomic mass is 10.2. The van der Waals surface area contributed by atoms with E-state index in [2.05, 4.69) is 10.6 Å². The van der Waals surface area contributed by atoms with Crippen LogP contribution < -0.4 is 10.6 Å². The fraction of sp³-hybridized carbons (Fsp3) is 0.846. The highest BCUT2D eigenvalue weighted by atomic mass is 32.2. The number of nitrogens with one attached hydrogen (secondary N) is 2. The molecule has 7 heteroatoms. The number of carbonyl (C=O) groups is 2. The van der Waals surface area contributed by atoms with Crippen LogP contribution in [0.2, 0.25) is 0 Å². The Morgan fingerprint density at radius 3 is 2.70 bits per heavy atom. The quantitative estimate of drug-likeness (QED) is 0.561. The molecule has 1 aliphatic rings. The van der Waals surface area contributed by atoms with E-state index in [-0.39, 0.29) is 0 Å². The van der Waals surface area contributed by atoms with Gasteiger partial charge in [0.1, 0.15) is 6.04 Å². The molecule has 1 atom stereocenters. The highest BCUT2D eigenvalue weighted by Gasteiger charge is 2.19. The Balaban J connectivity index is 2.12. The molecule has 20 heavy (non-hydrogen) atoms. The van der Waals surface area contributed by atoms with Crippen molar-refractivity contribution >= 4 is 23.8 Å². The number of amides is 2. The predicted octanol–water partition coefficient (Wildman–Crippen LogP) is 1.45. The van der Waals surface area contributed by atoms with Gasteiger partial charge in [0.25, 0.3) is 0 Å². The van der Waals surface area contributed by atoms with E-state index in [1.54, 1.807) is 11.8 Å². The zero-order valence-corrected chi connectivity index (χ0v) is 12.7. The van der Waals surface area contributed by atoms with Gasteiger partial charge in [-0.05, 0) is 31.3 Å². The Labute approximate surface area is 124 Å². The number of carboxylic acid groups (broad SMARTS) is 1. The minimum Gasteiger partial charge on any atom is -0.480 e. The summed E-state index contributed by atoms with van der Waals surface area (Å²) in [5.41, 5.74) is 0. The van der Waals surface area contributed by atoms with Gasteiger partial charge in [0.05, 0.1) is 12.7 Å². The van der Waals surface area contributed by atoms with Gasteiger partial charge in [-0.3, -0.25) is 0 Å². The molecule has 0 aliphatic heterocycles. The molecule has 0 radical (unpaired) electrons. The van der Waals surface area contributed by atoms with E-state index >= 15 is 0 Å². The van der Waals surface area contributed by atoms with Crippen LogP contribution in [-0.4, -0.2) is 54.4 Å². The fourth-order valence-corrected chi connectivity index (χ4v) is 2.62. The van der Waals surface area contributed by atoms with Crippen LogP contribution in [0.15, 0.2) is 0 Å². The summed E-state index contributed by atoms with van der Waals surface area (Å²) in [6.07, 6.45) is 7.28. The zero-order valence-electron chi connectivity index (χ0n) is 11.9. The van der Waals surface area contributed by atoms with Gasteiger partial charge in [0.2, 0.25) is 0 Å². The highest BCUT2D eigenvalue weighted by molar-refractivity contribution is 7.98. The molecule has 3 N–H and O–H groups in total. The molecule has 1 rings (SSSR count). The molecule has 116 valence electrons. The second-order valence-electron chi connectivity index (χ2n) is 4.85. The molecule has 1 saturated carbocycles. The Morgan fingerprint density at radius 2 is 2.10 bits per heavy atom. The molecule has 1 unspecified atom stereocenters. The SMILES string of the molecule is CSCCC(NC(=O)NCCOC1CCCC1)C(=O)O. The average molecular weight is 304 g/mol. The maximum atomic E-state index is 11.6. The van der Waals surface area contributed by atoms with Crippen molar-refractivity contribution in [2.45, 2.75) is 44.2 Å². The van der Waals surface area contributed by atoms with E-state index in [1.165, 1.54) is 12.8 Å². The van der Waals surface area contributed by atoms with Crippen LogP contribution in [0.1, 0.15) is 32.1 Å². The van der Waals surface area contributed by atoms with Crippen LogP contribution in [-0.2, 0) is 9.53 Å². The standard InChI is InChI=1S/C13H24N2O4S/c1-20-9-6-11(12(16)17)15-13(18)14-7-8-19-10-4-2-3-5-10/h10-11H,2-9H2,1H3,(H,16,17)(H2,14,15,18). The van der Waals surface area contributed by atoms with E-state index in [4.69, 9.17) is 9.84 Å². The Morgan fingerprint density at radius 1 is 1.40 bits per heavy atom. The molecular formula is C13H24N2O4S. The van der Waals surface area contributed by atoms with Crippen molar-refractivity contribution in [2.75, 3.05) is 25.2 Å². The number of carboxylic acids is 1. The zero-order chi connectivity index (χ0) is 14.8. The van der Waals surface area contributed by atoms with Crippen molar-refractivity contribution in [3.63, 3.8) is 0 Å². The smallest absolute Gasteiger partial charge is 0.326 e. The number of carbonyl (C=O) groups excluding carboxylic acids is 1. The number of hydrogen-bond donors (Lipinski definition) is 3. The van der Waals surface area contributed by atoms with Gasteiger partial charge in [-0.25, -0.2) is 9.59 Å². The molecule has 0 spiro atoms. The number of urea groups is 1. The van der Waals surface area contributed by atoms with Crippen LogP contribution in [0.4, 0.5) is 4.79 Å². The molecular weight excluding hydrogens is 280 g/mol. The lowest BCUT2D eigenvalue weighted by Crippen LogP contribution is -2.47. The summed E-state index contributed by atoms with van der Waals surface area (Å²) < 4.78 is 5.61. The van der Waals surface area contributed by atoms with Gasteiger partial charge in [-0.2, -0.15) is 11.8 Å². The molecule has 0 saturated heterocycles. The number of aliphatic carboxylic acids is 1. The van der Waals surface area contributed by atoms with E-state index in [9.17, 15) is 9.59 Å².